The van der Waals surface area contributed by atoms with Crippen LogP contribution in [-0.4, -0.2) is 10.9 Å². The third-order valence-electron chi connectivity index (χ3n) is 5.10. The van der Waals surface area contributed by atoms with E-state index in [9.17, 15) is 4.79 Å². The first-order valence-corrected chi connectivity index (χ1v) is 12.1. The number of rotatable bonds is 8. The van der Waals surface area contributed by atoms with Crippen molar-refractivity contribution < 1.29 is 4.79 Å². The lowest BCUT2D eigenvalue weighted by molar-refractivity contribution is -0.115. The average molecular weight is 448 g/mol. The SMILES string of the molecule is CCc1ccc(N(C(C)=O)c2nc(CN[C@H](c3ccccc3)c3cccs3)cs2)cc1. The van der Waals surface area contributed by atoms with Gasteiger partial charge in [-0.25, -0.2) is 4.98 Å². The fourth-order valence-electron chi connectivity index (χ4n) is 3.48. The first kappa shape index (κ1) is 21.4. The van der Waals surface area contributed by atoms with E-state index in [1.807, 2.05) is 23.6 Å². The van der Waals surface area contributed by atoms with Crippen LogP contribution in [0.5, 0.6) is 0 Å². The molecule has 2 aromatic carbocycles. The van der Waals surface area contributed by atoms with E-state index in [1.165, 1.54) is 27.3 Å². The molecule has 2 aromatic heterocycles. The Balaban J connectivity index is 1.52. The largest absolute Gasteiger partial charge is 0.300 e. The highest BCUT2D eigenvalue weighted by Crippen LogP contribution is 2.30. The summed E-state index contributed by atoms with van der Waals surface area (Å²) in [5.41, 5.74) is 4.24. The van der Waals surface area contributed by atoms with Crippen molar-refractivity contribution in [1.82, 2.24) is 10.3 Å². The summed E-state index contributed by atoms with van der Waals surface area (Å²) in [7, 11) is 0. The lowest BCUT2D eigenvalue weighted by Crippen LogP contribution is -2.23. The van der Waals surface area contributed by atoms with E-state index in [0.717, 1.165) is 17.8 Å². The van der Waals surface area contributed by atoms with Gasteiger partial charge in [-0.05, 0) is 41.1 Å². The molecule has 0 unspecified atom stereocenters. The molecule has 0 aliphatic carbocycles. The zero-order valence-electron chi connectivity index (χ0n) is 17.6. The normalized spacial score (nSPS) is 11.9. The molecule has 0 spiro atoms. The maximum atomic E-state index is 12.4. The summed E-state index contributed by atoms with van der Waals surface area (Å²) >= 11 is 3.23. The molecule has 1 N–H and O–H groups in total. The Morgan fingerprint density at radius 3 is 2.45 bits per heavy atom. The maximum absolute atomic E-state index is 12.4. The number of anilines is 2. The molecule has 0 bridgehead atoms. The Morgan fingerprint density at radius 1 is 1.03 bits per heavy atom. The molecule has 1 amide bonds. The minimum absolute atomic E-state index is 0.0427. The Labute approximate surface area is 191 Å². The fraction of sp³-hybridized carbons (Fsp3) is 0.200. The minimum Gasteiger partial charge on any atom is -0.300 e. The highest BCUT2D eigenvalue weighted by Gasteiger charge is 2.19. The molecule has 4 aromatic rings. The molecule has 0 aliphatic rings. The van der Waals surface area contributed by atoms with Gasteiger partial charge < -0.3 is 0 Å². The van der Waals surface area contributed by atoms with Crippen LogP contribution in [0.2, 0.25) is 0 Å². The molecular formula is C25H25N3OS2. The van der Waals surface area contributed by atoms with Gasteiger partial charge >= 0.3 is 0 Å². The van der Waals surface area contributed by atoms with Crippen molar-refractivity contribution in [3.05, 3.63) is 99.2 Å². The van der Waals surface area contributed by atoms with E-state index in [4.69, 9.17) is 4.98 Å². The number of hydrogen-bond donors (Lipinski definition) is 1. The summed E-state index contributed by atoms with van der Waals surface area (Å²) < 4.78 is 0. The number of carbonyl (C=O) groups excluding carboxylic acids is 1. The van der Waals surface area contributed by atoms with E-state index in [2.05, 4.69) is 66.2 Å². The van der Waals surface area contributed by atoms with Crippen molar-refractivity contribution in [2.45, 2.75) is 32.9 Å². The van der Waals surface area contributed by atoms with Gasteiger partial charge in [0.05, 0.1) is 17.4 Å². The van der Waals surface area contributed by atoms with Crippen LogP contribution in [0.15, 0.2) is 77.5 Å². The van der Waals surface area contributed by atoms with Crippen molar-refractivity contribution in [3.63, 3.8) is 0 Å². The summed E-state index contributed by atoms with van der Waals surface area (Å²) in [4.78, 5) is 20.1. The van der Waals surface area contributed by atoms with Crippen LogP contribution >= 0.6 is 22.7 Å². The molecule has 31 heavy (non-hydrogen) atoms. The third-order valence-corrected chi connectivity index (χ3v) is 6.91. The predicted molar refractivity (Wildman–Crippen MR) is 130 cm³/mol. The molecule has 1 atom stereocenters. The molecule has 0 saturated heterocycles. The first-order valence-electron chi connectivity index (χ1n) is 10.3. The van der Waals surface area contributed by atoms with Gasteiger partial charge in [-0.15, -0.1) is 22.7 Å². The highest BCUT2D eigenvalue weighted by molar-refractivity contribution is 7.14. The minimum atomic E-state index is -0.0427. The van der Waals surface area contributed by atoms with Crippen molar-refractivity contribution in [1.29, 1.82) is 0 Å². The van der Waals surface area contributed by atoms with Gasteiger partial charge in [-0.1, -0.05) is 55.5 Å². The van der Waals surface area contributed by atoms with E-state index in [0.29, 0.717) is 11.7 Å². The lowest BCUT2D eigenvalue weighted by Gasteiger charge is -2.19. The Morgan fingerprint density at radius 2 is 1.81 bits per heavy atom. The second-order valence-electron chi connectivity index (χ2n) is 7.24. The summed E-state index contributed by atoms with van der Waals surface area (Å²) in [5, 5.41) is 8.46. The zero-order chi connectivity index (χ0) is 21.6. The van der Waals surface area contributed by atoms with Gasteiger partial charge in [0.1, 0.15) is 0 Å². The van der Waals surface area contributed by atoms with Crippen LogP contribution in [0.25, 0.3) is 0 Å². The number of carbonyl (C=O) groups is 1. The number of benzene rings is 2. The van der Waals surface area contributed by atoms with Gasteiger partial charge in [-0.3, -0.25) is 15.0 Å². The number of nitrogens with one attached hydrogen (secondary N) is 1. The lowest BCUT2D eigenvalue weighted by atomic mass is 10.1. The van der Waals surface area contributed by atoms with Crippen molar-refractivity contribution in [2.24, 2.45) is 0 Å². The second-order valence-corrected chi connectivity index (χ2v) is 9.05. The summed E-state index contributed by atoms with van der Waals surface area (Å²) in [5.74, 6) is -0.0427. The van der Waals surface area contributed by atoms with Crippen LogP contribution in [0, 0.1) is 0 Å². The van der Waals surface area contributed by atoms with E-state index in [-0.39, 0.29) is 11.9 Å². The molecule has 2 heterocycles. The second kappa shape index (κ2) is 10.0. The quantitative estimate of drug-likeness (QED) is 0.343. The Bertz CT molecular complexity index is 1110. The fourth-order valence-corrected chi connectivity index (χ4v) is 5.19. The van der Waals surface area contributed by atoms with Crippen molar-refractivity contribution in [2.75, 3.05) is 4.90 Å². The van der Waals surface area contributed by atoms with Crippen molar-refractivity contribution >= 4 is 39.4 Å². The summed E-state index contributed by atoms with van der Waals surface area (Å²) in [6.45, 7) is 4.32. The molecular weight excluding hydrogens is 422 g/mol. The number of aryl methyl sites for hydroxylation is 1. The molecule has 0 saturated carbocycles. The number of amides is 1. The Hall–Kier alpha value is -2.80. The number of thiazole rings is 1. The van der Waals surface area contributed by atoms with Gasteiger partial charge in [0.25, 0.3) is 0 Å². The summed E-state index contributed by atoms with van der Waals surface area (Å²) in [6, 6.07) is 22.9. The molecule has 0 fully saturated rings. The van der Waals surface area contributed by atoms with Crippen LogP contribution in [0.3, 0.4) is 0 Å². The van der Waals surface area contributed by atoms with Crippen LogP contribution < -0.4 is 10.2 Å². The Kier molecular flexibility index (Phi) is 6.92. The number of nitrogens with zero attached hydrogens (tertiary/aromatic N) is 2. The molecule has 0 radical (unpaired) electrons. The van der Waals surface area contributed by atoms with Crippen LogP contribution in [-0.2, 0) is 17.8 Å². The van der Waals surface area contributed by atoms with Crippen LogP contribution in [0.1, 0.15) is 41.6 Å². The van der Waals surface area contributed by atoms with E-state index in [1.54, 1.807) is 23.2 Å². The standard InChI is InChI=1S/C25H25N3OS2/c1-3-19-11-13-22(14-12-19)28(18(2)29)25-27-21(17-31-25)16-26-24(23-10-7-15-30-23)20-8-5-4-6-9-20/h4-15,17,24,26H,3,16H2,1-2H3/t24-/m1/s1. The number of hydrogen-bond acceptors (Lipinski definition) is 5. The third kappa shape index (κ3) is 5.10. The monoisotopic (exact) mass is 447 g/mol. The number of aromatic nitrogens is 1. The van der Waals surface area contributed by atoms with Gasteiger partial charge in [0.2, 0.25) is 5.91 Å². The average Bonchev–Trinajstić information content (AvgIpc) is 3.48. The molecule has 4 rings (SSSR count). The topological polar surface area (TPSA) is 45.2 Å². The molecule has 6 heteroatoms. The first-order chi connectivity index (χ1) is 15.2. The van der Waals surface area contributed by atoms with Gasteiger partial charge in [0.15, 0.2) is 5.13 Å². The molecule has 158 valence electrons. The van der Waals surface area contributed by atoms with E-state index >= 15 is 0 Å². The van der Waals surface area contributed by atoms with Gasteiger partial charge in [-0.2, -0.15) is 0 Å². The highest BCUT2D eigenvalue weighted by atomic mass is 32.1. The van der Waals surface area contributed by atoms with Gasteiger partial charge in [0, 0.05) is 23.7 Å². The van der Waals surface area contributed by atoms with Crippen molar-refractivity contribution in [3.8, 4) is 0 Å². The predicted octanol–water partition coefficient (Wildman–Crippen LogP) is 6.33. The summed E-state index contributed by atoms with van der Waals surface area (Å²) in [6.07, 6.45) is 0.972. The maximum Gasteiger partial charge on any atom is 0.230 e. The van der Waals surface area contributed by atoms with Crippen LogP contribution in [0.4, 0.5) is 10.8 Å². The smallest absolute Gasteiger partial charge is 0.230 e. The molecule has 0 aliphatic heterocycles. The zero-order valence-corrected chi connectivity index (χ0v) is 19.2. The number of thiophene rings is 1. The van der Waals surface area contributed by atoms with E-state index < -0.39 is 0 Å². The molecule has 4 nitrogen and oxygen atoms in total.